The molecule has 0 aliphatic rings. The van der Waals surface area contributed by atoms with Crippen LogP contribution in [0.1, 0.15) is 372 Å². The average molecular weight is 1040 g/mol. The Morgan fingerprint density at radius 3 is 0.800 bits per heavy atom. The Labute approximate surface area is 462 Å². The SMILES string of the molecule is CCCCCCCCCCCC(=O)c1ccc(N=C(C)C(CCCCCC)=Nc2ccc(C(=O)CCCCCCCCCCC)c(C(=O)CCCCCCCCCCC)c2)cc1C(=O)CCCCCCCCCCC. The van der Waals surface area contributed by atoms with Crippen LogP contribution in [0.25, 0.3) is 0 Å². The quantitative estimate of drug-likeness (QED) is 0.0375. The maximum Gasteiger partial charge on any atom is 0.163 e. The third-order valence-electron chi connectivity index (χ3n) is 15.5. The topological polar surface area (TPSA) is 93.0 Å². The lowest BCUT2D eigenvalue weighted by Crippen LogP contribution is -2.12. The van der Waals surface area contributed by atoms with Gasteiger partial charge in [-0.05, 0) is 81.8 Å². The summed E-state index contributed by atoms with van der Waals surface area (Å²) in [6, 6.07) is 11.2. The molecule has 2 aromatic carbocycles. The largest absolute Gasteiger partial charge is 0.294 e. The lowest BCUT2D eigenvalue weighted by atomic mass is 9.93. The standard InChI is InChI=1S/C69H114N2O4/c1-7-12-17-22-26-30-34-38-43-48-66(72)61-54-52-59(56-63(61)68(74)50-45-40-36-32-28-24-19-14-9-3)70-58(6)65(47-42-21-16-11-5)71-60-53-55-62(67(73)49-44-39-35-31-27-23-18-13-8-2)64(57-60)69(75)51-46-41-37-33-29-25-20-15-10-4/h52-57H,7-51H2,1-6H3. The van der Waals surface area contributed by atoms with E-state index < -0.39 is 0 Å². The molecule has 0 aliphatic carbocycles. The number of carbonyl (C=O) groups excluding carboxylic acids is 4. The van der Waals surface area contributed by atoms with Gasteiger partial charge in [0, 0.05) is 47.9 Å². The van der Waals surface area contributed by atoms with Crippen molar-refractivity contribution in [3.05, 3.63) is 58.7 Å². The summed E-state index contributed by atoms with van der Waals surface area (Å²) in [5.41, 5.74) is 5.00. The molecule has 0 atom stereocenters. The van der Waals surface area contributed by atoms with E-state index in [0.717, 1.165) is 121 Å². The average Bonchev–Trinajstić information content (AvgIpc) is 3.41. The van der Waals surface area contributed by atoms with Gasteiger partial charge in [-0.25, -0.2) is 0 Å². The number of hydrogen-bond donors (Lipinski definition) is 0. The summed E-state index contributed by atoms with van der Waals surface area (Å²) in [6.07, 6.45) is 49.5. The van der Waals surface area contributed by atoms with Gasteiger partial charge in [-0.2, -0.15) is 0 Å². The van der Waals surface area contributed by atoms with Crippen LogP contribution >= 0.6 is 0 Å². The second-order valence-corrected chi connectivity index (χ2v) is 22.5. The van der Waals surface area contributed by atoms with Crippen molar-refractivity contribution < 1.29 is 19.2 Å². The van der Waals surface area contributed by atoms with E-state index in [1.54, 1.807) is 0 Å². The van der Waals surface area contributed by atoms with Crippen LogP contribution in [-0.2, 0) is 0 Å². The van der Waals surface area contributed by atoms with Crippen LogP contribution in [-0.4, -0.2) is 34.6 Å². The molecule has 0 bridgehead atoms. The number of hydrogen-bond acceptors (Lipinski definition) is 6. The Hall–Kier alpha value is -3.54. The highest BCUT2D eigenvalue weighted by atomic mass is 16.1. The molecular formula is C69H114N2O4. The lowest BCUT2D eigenvalue weighted by molar-refractivity contribution is 0.0946. The Morgan fingerprint density at radius 2 is 0.507 bits per heavy atom. The van der Waals surface area contributed by atoms with Crippen molar-refractivity contribution in [2.45, 2.75) is 330 Å². The van der Waals surface area contributed by atoms with Gasteiger partial charge in [0.05, 0.1) is 22.8 Å². The number of nitrogens with zero attached hydrogens (tertiary/aromatic N) is 2. The molecule has 6 nitrogen and oxygen atoms in total. The molecule has 0 saturated carbocycles. The monoisotopic (exact) mass is 1030 g/mol. The van der Waals surface area contributed by atoms with Crippen molar-refractivity contribution >= 4 is 45.9 Å². The van der Waals surface area contributed by atoms with Crippen molar-refractivity contribution in [2.75, 3.05) is 0 Å². The molecule has 0 N–H and O–H groups in total. The maximum atomic E-state index is 14.1. The van der Waals surface area contributed by atoms with E-state index >= 15 is 0 Å². The molecule has 0 amide bonds. The number of benzene rings is 2. The molecule has 2 aromatic rings. The molecule has 0 aliphatic heterocycles. The zero-order valence-corrected chi connectivity index (χ0v) is 49.8. The third-order valence-corrected chi connectivity index (χ3v) is 15.5. The van der Waals surface area contributed by atoms with Crippen molar-refractivity contribution in [1.29, 1.82) is 0 Å². The fourth-order valence-corrected chi connectivity index (χ4v) is 10.5. The molecule has 0 saturated heterocycles. The minimum Gasteiger partial charge on any atom is -0.294 e. The van der Waals surface area contributed by atoms with Crippen molar-refractivity contribution in [3.8, 4) is 0 Å². The Bertz CT molecular complexity index is 1870. The van der Waals surface area contributed by atoms with E-state index in [2.05, 4.69) is 34.6 Å². The number of aliphatic imine (C=N–C) groups is 2. The van der Waals surface area contributed by atoms with Crippen LogP contribution in [0.2, 0.25) is 0 Å². The zero-order chi connectivity index (χ0) is 54.4. The zero-order valence-electron chi connectivity index (χ0n) is 49.8. The van der Waals surface area contributed by atoms with Crippen LogP contribution < -0.4 is 0 Å². The summed E-state index contributed by atoms with van der Waals surface area (Å²) >= 11 is 0. The fraction of sp³-hybridized carbons (Fsp3) is 0.739. The van der Waals surface area contributed by atoms with Gasteiger partial charge in [0.1, 0.15) is 0 Å². The van der Waals surface area contributed by atoms with Gasteiger partial charge in [0.25, 0.3) is 0 Å². The first-order valence-electron chi connectivity index (χ1n) is 32.2. The summed E-state index contributed by atoms with van der Waals surface area (Å²) in [7, 11) is 0. The molecule has 6 heteroatoms. The Morgan fingerprint density at radius 1 is 0.280 bits per heavy atom. The van der Waals surface area contributed by atoms with Crippen LogP contribution in [0, 0.1) is 0 Å². The second kappa shape index (κ2) is 46.5. The van der Waals surface area contributed by atoms with Crippen LogP contribution in [0.15, 0.2) is 46.4 Å². The molecule has 0 heterocycles. The van der Waals surface area contributed by atoms with Gasteiger partial charge in [-0.1, -0.05) is 259 Å². The normalized spacial score (nSPS) is 12.0. The van der Waals surface area contributed by atoms with E-state index in [-0.39, 0.29) is 23.1 Å². The summed E-state index contributed by atoms with van der Waals surface area (Å²) in [5.74, 6) is 0.174. The van der Waals surface area contributed by atoms with Gasteiger partial charge >= 0.3 is 0 Å². The van der Waals surface area contributed by atoms with E-state index in [1.165, 1.54) is 154 Å². The molecule has 0 spiro atoms. The molecule has 424 valence electrons. The molecule has 2 rings (SSSR count). The lowest BCUT2D eigenvalue weighted by Gasteiger charge is -2.12. The first-order chi connectivity index (χ1) is 36.7. The van der Waals surface area contributed by atoms with Gasteiger partial charge < -0.3 is 0 Å². The molecule has 0 fully saturated rings. The van der Waals surface area contributed by atoms with E-state index in [9.17, 15) is 19.2 Å². The number of ketones is 4. The first-order valence-corrected chi connectivity index (χ1v) is 32.2. The van der Waals surface area contributed by atoms with Gasteiger partial charge in [-0.15, -0.1) is 0 Å². The fourth-order valence-electron chi connectivity index (χ4n) is 10.5. The predicted molar refractivity (Wildman–Crippen MR) is 326 cm³/mol. The van der Waals surface area contributed by atoms with Crippen LogP contribution in [0.4, 0.5) is 11.4 Å². The smallest absolute Gasteiger partial charge is 0.163 e. The summed E-state index contributed by atoms with van der Waals surface area (Å²) in [6.45, 7) is 13.2. The van der Waals surface area contributed by atoms with E-state index in [1.807, 2.05) is 43.3 Å². The van der Waals surface area contributed by atoms with E-state index in [0.29, 0.717) is 59.3 Å². The molecule has 0 unspecified atom stereocenters. The number of unbranched alkanes of at least 4 members (excludes halogenated alkanes) is 35. The van der Waals surface area contributed by atoms with Gasteiger partial charge in [0.2, 0.25) is 0 Å². The predicted octanol–water partition coefficient (Wildman–Crippen LogP) is 22.9. The number of carbonyl (C=O) groups is 4. The van der Waals surface area contributed by atoms with Gasteiger partial charge in [-0.3, -0.25) is 29.2 Å². The Balaban J connectivity index is 2.42. The minimum absolute atomic E-state index is 0.0311. The van der Waals surface area contributed by atoms with Crippen LogP contribution in [0.5, 0.6) is 0 Å². The number of Topliss-reactive ketones (excluding diaryl/α,β-unsaturated/α-hetero) is 4. The molecular weight excluding hydrogens is 921 g/mol. The van der Waals surface area contributed by atoms with Gasteiger partial charge in [0.15, 0.2) is 23.1 Å². The summed E-state index contributed by atoms with van der Waals surface area (Å²) in [4.78, 5) is 66.4. The van der Waals surface area contributed by atoms with E-state index in [4.69, 9.17) is 9.98 Å². The summed E-state index contributed by atoms with van der Waals surface area (Å²) < 4.78 is 0. The highest BCUT2D eigenvalue weighted by Crippen LogP contribution is 2.28. The Kier molecular flexibility index (Phi) is 41.9. The molecule has 0 radical (unpaired) electrons. The number of rotatable bonds is 52. The minimum atomic E-state index is 0.0311. The maximum absolute atomic E-state index is 14.1. The molecule has 0 aromatic heterocycles. The highest BCUT2D eigenvalue weighted by Gasteiger charge is 2.20. The summed E-state index contributed by atoms with van der Waals surface area (Å²) in [5, 5.41) is 0. The second-order valence-electron chi connectivity index (χ2n) is 22.5. The first kappa shape index (κ1) is 67.6. The highest BCUT2D eigenvalue weighted by molar-refractivity contribution is 6.42. The third kappa shape index (κ3) is 32.7. The van der Waals surface area contributed by atoms with Crippen LogP contribution in [0.3, 0.4) is 0 Å². The van der Waals surface area contributed by atoms with Crippen molar-refractivity contribution in [1.82, 2.24) is 0 Å². The van der Waals surface area contributed by atoms with Crippen molar-refractivity contribution in [2.24, 2.45) is 9.98 Å². The molecule has 75 heavy (non-hydrogen) atoms. The van der Waals surface area contributed by atoms with Crippen molar-refractivity contribution in [3.63, 3.8) is 0 Å².